The van der Waals surface area contributed by atoms with Gasteiger partial charge in [0, 0.05) is 28.9 Å². The molecule has 8 heteroatoms. The molecule has 0 radical (unpaired) electrons. The van der Waals surface area contributed by atoms with Crippen LogP contribution in [0.1, 0.15) is 55.8 Å². The third-order valence-electron chi connectivity index (χ3n) is 6.36. The van der Waals surface area contributed by atoms with Crippen LogP contribution in [0.5, 0.6) is 5.75 Å². The van der Waals surface area contributed by atoms with E-state index in [0.717, 1.165) is 25.7 Å². The molecule has 0 amide bonds. The number of ether oxygens (including phenoxy) is 2. The van der Waals surface area contributed by atoms with Crippen molar-refractivity contribution in [2.45, 2.75) is 63.5 Å². The molecular weight excluding hydrogens is 399 g/mol. The summed E-state index contributed by atoms with van der Waals surface area (Å²) in [5.41, 5.74) is 1.23. The van der Waals surface area contributed by atoms with Crippen LogP contribution in [0, 0.1) is 11.8 Å². The molecular formula is C22H22F3NO4. The Hall–Kier alpha value is -2.35. The Bertz CT molecular complexity index is 934. The fraction of sp³-hybridized carbons (Fsp3) is 0.545. The van der Waals surface area contributed by atoms with Gasteiger partial charge in [-0.1, -0.05) is 17.3 Å². The van der Waals surface area contributed by atoms with Crippen LogP contribution >= 0.6 is 0 Å². The second-order valence-corrected chi connectivity index (χ2v) is 8.47. The van der Waals surface area contributed by atoms with E-state index in [-0.39, 0.29) is 41.8 Å². The highest BCUT2D eigenvalue weighted by molar-refractivity contribution is 5.86. The van der Waals surface area contributed by atoms with Gasteiger partial charge in [-0.15, -0.1) is 13.2 Å². The summed E-state index contributed by atoms with van der Waals surface area (Å²) in [5.74, 6) is 1.12. The number of carbonyl (C=O) groups is 1. The molecule has 5 nitrogen and oxygen atoms in total. The molecule has 2 aromatic rings. The van der Waals surface area contributed by atoms with Crippen molar-refractivity contribution in [1.82, 2.24) is 5.16 Å². The standard InChI is InChI=1S/C22H22F3NO4/c23-22(24,25)29-18-4-2-1-3-16(18)19-17(21(30-26-19)12-5-6-12)11-28-15-9-13-7-8-14(10-15)20(13)27/h1-4,12-15H,5-11H2/t13-,14+,15?. The Kier molecular flexibility index (Phi) is 4.84. The highest BCUT2D eigenvalue weighted by Crippen LogP contribution is 2.46. The van der Waals surface area contributed by atoms with E-state index in [1.165, 1.54) is 12.1 Å². The van der Waals surface area contributed by atoms with E-state index in [1.54, 1.807) is 12.1 Å². The third kappa shape index (κ3) is 3.85. The summed E-state index contributed by atoms with van der Waals surface area (Å²) in [6, 6.07) is 5.93. The Morgan fingerprint density at radius 2 is 1.70 bits per heavy atom. The van der Waals surface area contributed by atoms with Crippen molar-refractivity contribution in [1.29, 1.82) is 0 Å². The molecule has 0 spiro atoms. The maximum Gasteiger partial charge on any atom is 0.573 e. The summed E-state index contributed by atoms with van der Waals surface area (Å²) in [6.45, 7) is 0.198. The maximum absolute atomic E-state index is 12.9. The summed E-state index contributed by atoms with van der Waals surface area (Å²) in [4.78, 5) is 12.1. The van der Waals surface area contributed by atoms with E-state index >= 15 is 0 Å². The maximum atomic E-state index is 12.9. The average molecular weight is 421 g/mol. The van der Waals surface area contributed by atoms with Crippen molar-refractivity contribution in [2.75, 3.05) is 0 Å². The minimum atomic E-state index is -4.80. The van der Waals surface area contributed by atoms with E-state index in [2.05, 4.69) is 9.89 Å². The van der Waals surface area contributed by atoms with E-state index < -0.39 is 6.36 Å². The summed E-state index contributed by atoms with van der Waals surface area (Å²) in [5, 5.41) is 4.10. The lowest BCUT2D eigenvalue weighted by molar-refractivity contribution is -0.274. The number of rotatable bonds is 6. The van der Waals surface area contributed by atoms with Gasteiger partial charge in [-0.25, -0.2) is 0 Å². The first kappa shape index (κ1) is 19.6. The topological polar surface area (TPSA) is 61.6 Å². The SMILES string of the molecule is O=C1[C@@H]2CC[C@H]1CC(OCc1c(-c3ccccc3OC(F)(F)F)noc1C1CC1)C2. The summed E-state index contributed by atoms with van der Waals surface area (Å²) in [7, 11) is 0. The van der Waals surface area contributed by atoms with Gasteiger partial charge >= 0.3 is 6.36 Å². The van der Waals surface area contributed by atoms with Crippen molar-refractivity contribution in [2.24, 2.45) is 11.8 Å². The number of nitrogens with zero attached hydrogens (tertiary/aromatic N) is 1. The molecule has 1 unspecified atom stereocenters. The van der Waals surface area contributed by atoms with E-state index in [4.69, 9.17) is 9.26 Å². The van der Waals surface area contributed by atoms with Crippen molar-refractivity contribution < 1.29 is 32.0 Å². The number of para-hydroxylation sites is 1. The number of carbonyl (C=O) groups excluding carboxylic acids is 1. The predicted octanol–water partition coefficient (Wildman–Crippen LogP) is 5.39. The molecule has 1 heterocycles. The van der Waals surface area contributed by atoms with Gasteiger partial charge in [0.15, 0.2) is 0 Å². The number of Topliss-reactive ketones (excluding diaryl/α,β-unsaturated/α-hetero) is 1. The zero-order chi connectivity index (χ0) is 20.9. The lowest BCUT2D eigenvalue weighted by atomic mass is 9.86. The Balaban J connectivity index is 1.41. The van der Waals surface area contributed by atoms with E-state index in [1.807, 2.05) is 0 Å². The minimum Gasteiger partial charge on any atom is -0.405 e. The smallest absolute Gasteiger partial charge is 0.405 e. The number of hydrogen-bond donors (Lipinski definition) is 0. The molecule has 0 N–H and O–H groups in total. The third-order valence-corrected chi connectivity index (χ3v) is 6.36. The molecule has 3 fully saturated rings. The Morgan fingerprint density at radius 3 is 2.37 bits per heavy atom. The molecule has 0 aliphatic heterocycles. The molecule has 1 aromatic heterocycles. The fourth-order valence-corrected chi connectivity index (χ4v) is 4.77. The van der Waals surface area contributed by atoms with Crippen LogP contribution in [0.3, 0.4) is 0 Å². The number of alkyl halides is 3. The summed E-state index contributed by atoms with van der Waals surface area (Å²) < 4.78 is 54.5. The molecule has 30 heavy (non-hydrogen) atoms. The number of halogens is 3. The molecule has 160 valence electrons. The second kappa shape index (κ2) is 7.41. The van der Waals surface area contributed by atoms with Gasteiger partial charge in [0.2, 0.25) is 0 Å². The van der Waals surface area contributed by atoms with Gasteiger partial charge < -0.3 is 14.0 Å². The lowest BCUT2D eigenvalue weighted by Gasteiger charge is -2.26. The minimum absolute atomic E-state index is 0.0309. The highest BCUT2D eigenvalue weighted by Gasteiger charge is 2.42. The second-order valence-electron chi connectivity index (χ2n) is 8.47. The van der Waals surface area contributed by atoms with Crippen LogP contribution in [-0.2, 0) is 16.1 Å². The zero-order valence-corrected chi connectivity index (χ0v) is 16.3. The summed E-state index contributed by atoms with van der Waals surface area (Å²) >= 11 is 0. The Morgan fingerprint density at radius 1 is 1.03 bits per heavy atom. The van der Waals surface area contributed by atoms with Gasteiger partial charge in [0.1, 0.15) is 23.0 Å². The normalized spacial score (nSPS) is 26.2. The fourth-order valence-electron chi connectivity index (χ4n) is 4.77. The highest BCUT2D eigenvalue weighted by atomic mass is 19.4. The molecule has 0 saturated heterocycles. The number of aromatic nitrogens is 1. The first-order valence-corrected chi connectivity index (χ1v) is 10.4. The van der Waals surface area contributed by atoms with E-state index in [9.17, 15) is 18.0 Å². The first-order valence-electron chi connectivity index (χ1n) is 10.4. The predicted molar refractivity (Wildman–Crippen MR) is 99.6 cm³/mol. The van der Waals surface area contributed by atoms with Crippen LogP contribution in [0.15, 0.2) is 28.8 Å². The van der Waals surface area contributed by atoms with Crippen molar-refractivity contribution >= 4 is 5.78 Å². The van der Waals surface area contributed by atoms with Crippen molar-refractivity contribution in [3.63, 3.8) is 0 Å². The molecule has 3 aliphatic carbocycles. The molecule has 3 atom stereocenters. The molecule has 3 aliphatic rings. The number of benzene rings is 1. The largest absolute Gasteiger partial charge is 0.573 e. The van der Waals surface area contributed by atoms with Crippen LogP contribution in [0.25, 0.3) is 11.3 Å². The molecule has 2 bridgehead atoms. The van der Waals surface area contributed by atoms with Gasteiger partial charge in [0.25, 0.3) is 0 Å². The number of hydrogen-bond acceptors (Lipinski definition) is 5. The van der Waals surface area contributed by atoms with E-state index in [0.29, 0.717) is 35.6 Å². The molecule has 5 rings (SSSR count). The molecule has 3 saturated carbocycles. The van der Waals surface area contributed by atoms with Crippen LogP contribution in [0.4, 0.5) is 13.2 Å². The summed E-state index contributed by atoms with van der Waals surface area (Å²) in [6.07, 6.45) is 0.370. The van der Waals surface area contributed by atoms with Gasteiger partial charge in [-0.2, -0.15) is 0 Å². The zero-order valence-electron chi connectivity index (χ0n) is 16.3. The first-order chi connectivity index (χ1) is 14.4. The van der Waals surface area contributed by atoms with Gasteiger partial charge in [-0.3, -0.25) is 4.79 Å². The number of ketones is 1. The average Bonchev–Trinajstić information content (AvgIpc) is 3.42. The quantitative estimate of drug-likeness (QED) is 0.626. The lowest BCUT2D eigenvalue weighted by Crippen LogP contribution is -2.31. The van der Waals surface area contributed by atoms with Crippen LogP contribution in [0.2, 0.25) is 0 Å². The van der Waals surface area contributed by atoms with Crippen molar-refractivity contribution in [3.05, 3.63) is 35.6 Å². The van der Waals surface area contributed by atoms with Crippen molar-refractivity contribution in [3.8, 4) is 17.0 Å². The monoisotopic (exact) mass is 421 g/mol. The Labute approximate surface area is 171 Å². The van der Waals surface area contributed by atoms with Gasteiger partial charge in [0.05, 0.1) is 12.7 Å². The van der Waals surface area contributed by atoms with Crippen LogP contribution < -0.4 is 4.74 Å². The van der Waals surface area contributed by atoms with Gasteiger partial charge in [-0.05, 0) is 50.7 Å². The number of fused-ring (bicyclic) bond motifs is 2. The molecule has 1 aromatic carbocycles. The van der Waals surface area contributed by atoms with Crippen LogP contribution in [-0.4, -0.2) is 23.4 Å².